The first-order valence-electron chi connectivity index (χ1n) is 5.25. The Labute approximate surface area is 75.8 Å². The lowest BCUT2D eigenvalue weighted by Gasteiger charge is -2.12. The number of hydrogen-bond acceptors (Lipinski definition) is 1. The summed E-state index contributed by atoms with van der Waals surface area (Å²) in [7, 11) is 0. The van der Waals surface area contributed by atoms with Gasteiger partial charge in [-0.15, -0.1) is 0 Å². The highest BCUT2D eigenvalue weighted by molar-refractivity contribution is 4.94. The molecule has 12 heavy (non-hydrogen) atoms. The standard InChI is InChI=1S/C11H20O/c1-2-10-12-11-8-6-4-3-5-7-9-11/h8H,2-7,9-10H2,1H3. The van der Waals surface area contributed by atoms with E-state index < -0.39 is 0 Å². The Morgan fingerprint density at radius 2 is 2.08 bits per heavy atom. The maximum Gasteiger partial charge on any atom is 0.0919 e. The van der Waals surface area contributed by atoms with Gasteiger partial charge in [-0.25, -0.2) is 0 Å². The minimum atomic E-state index is 0.895. The average Bonchev–Trinajstić information content (AvgIpc) is 2.02. The van der Waals surface area contributed by atoms with Gasteiger partial charge >= 0.3 is 0 Å². The third-order valence-corrected chi connectivity index (χ3v) is 2.24. The van der Waals surface area contributed by atoms with Gasteiger partial charge in [0.25, 0.3) is 0 Å². The highest BCUT2D eigenvalue weighted by Crippen LogP contribution is 2.17. The van der Waals surface area contributed by atoms with Crippen LogP contribution in [0.4, 0.5) is 0 Å². The molecule has 0 atom stereocenters. The topological polar surface area (TPSA) is 9.23 Å². The van der Waals surface area contributed by atoms with Crippen molar-refractivity contribution < 1.29 is 4.74 Å². The molecule has 0 fully saturated rings. The van der Waals surface area contributed by atoms with E-state index in [1.807, 2.05) is 0 Å². The zero-order chi connectivity index (χ0) is 8.65. The van der Waals surface area contributed by atoms with E-state index in [0.717, 1.165) is 13.0 Å². The Kier molecular flexibility index (Phi) is 4.89. The zero-order valence-corrected chi connectivity index (χ0v) is 8.14. The van der Waals surface area contributed by atoms with E-state index in [4.69, 9.17) is 4.74 Å². The molecule has 1 aliphatic carbocycles. The summed E-state index contributed by atoms with van der Waals surface area (Å²) in [4.78, 5) is 0. The minimum absolute atomic E-state index is 0.895. The Balaban J connectivity index is 2.26. The van der Waals surface area contributed by atoms with Crippen molar-refractivity contribution in [1.82, 2.24) is 0 Å². The van der Waals surface area contributed by atoms with E-state index in [-0.39, 0.29) is 0 Å². The highest BCUT2D eigenvalue weighted by atomic mass is 16.5. The highest BCUT2D eigenvalue weighted by Gasteiger charge is 2.01. The molecule has 0 spiro atoms. The molecule has 0 aromatic carbocycles. The molecule has 0 saturated carbocycles. The van der Waals surface area contributed by atoms with Crippen molar-refractivity contribution in [3.63, 3.8) is 0 Å². The number of allylic oxidation sites excluding steroid dienone is 2. The monoisotopic (exact) mass is 168 g/mol. The van der Waals surface area contributed by atoms with E-state index in [9.17, 15) is 0 Å². The molecule has 0 bridgehead atoms. The van der Waals surface area contributed by atoms with Crippen LogP contribution in [0.3, 0.4) is 0 Å². The molecule has 0 aliphatic heterocycles. The van der Waals surface area contributed by atoms with Crippen molar-refractivity contribution in [3.05, 3.63) is 11.8 Å². The van der Waals surface area contributed by atoms with Crippen molar-refractivity contribution in [1.29, 1.82) is 0 Å². The van der Waals surface area contributed by atoms with Crippen LogP contribution in [-0.4, -0.2) is 6.61 Å². The lowest BCUT2D eigenvalue weighted by atomic mass is 10.1. The second-order valence-electron chi connectivity index (χ2n) is 3.47. The number of rotatable bonds is 3. The van der Waals surface area contributed by atoms with E-state index >= 15 is 0 Å². The van der Waals surface area contributed by atoms with Gasteiger partial charge in [-0.1, -0.05) is 19.8 Å². The Hall–Kier alpha value is -0.460. The van der Waals surface area contributed by atoms with Crippen LogP contribution in [0.1, 0.15) is 51.9 Å². The molecule has 0 heterocycles. The Morgan fingerprint density at radius 1 is 1.25 bits per heavy atom. The first-order chi connectivity index (χ1) is 5.93. The predicted molar refractivity (Wildman–Crippen MR) is 52.0 cm³/mol. The van der Waals surface area contributed by atoms with Crippen molar-refractivity contribution in [2.24, 2.45) is 0 Å². The van der Waals surface area contributed by atoms with Crippen LogP contribution in [0, 0.1) is 0 Å². The fourth-order valence-electron chi connectivity index (χ4n) is 1.53. The minimum Gasteiger partial charge on any atom is -0.498 e. The third-order valence-electron chi connectivity index (χ3n) is 2.24. The largest absolute Gasteiger partial charge is 0.498 e. The molecule has 0 radical (unpaired) electrons. The van der Waals surface area contributed by atoms with Gasteiger partial charge < -0.3 is 4.74 Å². The van der Waals surface area contributed by atoms with E-state index in [1.165, 1.54) is 44.3 Å². The summed E-state index contributed by atoms with van der Waals surface area (Å²) in [5.74, 6) is 1.25. The van der Waals surface area contributed by atoms with Gasteiger partial charge in [0.15, 0.2) is 0 Å². The third kappa shape index (κ3) is 3.80. The SMILES string of the molecule is CCCOC1=CCCCCCC1. The molecule has 0 N–H and O–H groups in total. The lowest BCUT2D eigenvalue weighted by molar-refractivity contribution is 0.198. The van der Waals surface area contributed by atoms with E-state index in [1.54, 1.807) is 0 Å². The molecular weight excluding hydrogens is 148 g/mol. The van der Waals surface area contributed by atoms with Gasteiger partial charge in [0, 0.05) is 6.42 Å². The summed E-state index contributed by atoms with van der Waals surface area (Å²) < 4.78 is 5.63. The first kappa shape index (κ1) is 9.63. The summed E-state index contributed by atoms with van der Waals surface area (Å²) in [5, 5.41) is 0. The molecule has 1 rings (SSSR count). The Morgan fingerprint density at radius 3 is 2.92 bits per heavy atom. The van der Waals surface area contributed by atoms with Crippen LogP contribution in [0.25, 0.3) is 0 Å². The van der Waals surface area contributed by atoms with E-state index in [0.29, 0.717) is 0 Å². The van der Waals surface area contributed by atoms with Crippen LogP contribution >= 0.6 is 0 Å². The maximum absolute atomic E-state index is 5.63. The number of ether oxygens (including phenoxy) is 1. The van der Waals surface area contributed by atoms with E-state index in [2.05, 4.69) is 13.0 Å². The molecule has 0 aromatic heterocycles. The number of hydrogen-bond donors (Lipinski definition) is 0. The Bertz CT molecular complexity index is 138. The molecular formula is C11H20O. The summed E-state index contributed by atoms with van der Waals surface area (Å²) >= 11 is 0. The van der Waals surface area contributed by atoms with Crippen molar-refractivity contribution in [3.8, 4) is 0 Å². The maximum atomic E-state index is 5.63. The van der Waals surface area contributed by atoms with Crippen LogP contribution in [-0.2, 0) is 4.74 Å². The smallest absolute Gasteiger partial charge is 0.0919 e. The van der Waals surface area contributed by atoms with Crippen molar-refractivity contribution in [2.45, 2.75) is 51.9 Å². The molecule has 1 aliphatic rings. The second-order valence-corrected chi connectivity index (χ2v) is 3.47. The molecule has 0 saturated heterocycles. The molecule has 1 nitrogen and oxygen atoms in total. The summed E-state index contributed by atoms with van der Waals surface area (Å²) in [5.41, 5.74) is 0. The van der Waals surface area contributed by atoms with Gasteiger partial charge in [-0.3, -0.25) is 0 Å². The van der Waals surface area contributed by atoms with Crippen LogP contribution in [0.15, 0.2) is 11.8 Å². The molecule has 70 valence electrons. The quantitative estimate of drug-likeness (QED) is 0.625. The predicted octanol–water partition coefficient (Wildman–Crippen LogP) is 3.65. The van der Waals surface area contributed by atoms with Gasteiger partial charge in [-0.05, 0) is 31.8 Å². The van der Waals surface area contributed by atoms with Crippen LogP contribution in [0.5, 0.6) is 0 Å². The van der Waals surface area contributed by atoms with Gasteiger partial charge in [0.1, 0.15) is 0 Å². The average molecular weight is 168 g/mol. The first-order valence-corrected chi connectivity index (χ1v) is 5.25. The zero-order valence-electron chi connectivity index (χ0n) is 8.14. The van der Waals surface area contributed by atoms with Gasteiger partial charge in [0.05, 0.1) is 12.4 Å². The molecule has 1 heteroatoms. The summed E-state index contributed by atoms with van der Waals surface area (Å²) in [6.07, 6.45) is 11.2. The summed E-state index contributed by atoms with van der Waals surface area (Å²) in [6.45, 7) is 3.05. The fourth-order valence-corrected chi connectivity index (χ4v) is 1.53. The van der Waals surface area contributed by atoms with Crippen LogP contribution in [0.2, 0.25) is 0 Å². The van der Waals surface area contributed by atoms with Gasteiger partial charge in [0.2, 0.25) is 0 Å². The van der Waals surface area contributed by atoms with Crippen molar-refractivity contribution >= 4 is 0 Å². The molecule has 0 aromatic rings. The lowest BCUT2D eigenvalue weighted by Crippen LogP contribution is -1.96. The normalized spacial score (nSPS) is 19.2. The van der Waals surface area contributed by atoms with Crippen LogP contribution < -0.4 is 0 Å². The molecule has 0 amide bonds. The second kappa shape index (κ2) is 6.10. The van der Waals surface area contributed by atoms with Gasteiger partial charge in [-0.2, -0.15) is 0 Å². The van der Waals surface area contributed by atoms with Crippen molar-refractivity contribution in [2.75, 3.05) is 6.61 Å². The molecule has 0 unspecified atom stereocenters. The fraction of sp³-hybridized carbons (Fsp3) is 0.818. The summed E-state index contributed by atoms with van der Waals surface area (Å²) in [6, 6.07) is 0.